The van der Waals surface area contributed by atoms with E-state index in [0.29, 0.717) is 17.2 Å². The van der Waals surface area contributed by atoms with Crippen LogP contribution in [0.3, 0.4) is 0 Å². The van der Waals surface area contributed by atoms with Gasteiger partial charge in [0.1, 0.15) is 11.5 Å². The van der Waals surface area contributed by atoms with E-state index in [1.54, 1.807) is 23.6 Å². The predicted molar refractivity (Wildman–Crippen MR) is 60.5 cm³/mol. The maximum atomic E-state index is 11.3. The average molecular weight is 239 g/mol. The van der Waals surface area contributed by atoms with E-state index in [9.17, 15) is 9.59 Å². The van der Waals surface area contributed by atoms with Gasteiger partial charge in [-0.05, 0) is 12.1 Å². The fourth-order valence-corrected chi connectivity index (χ4v) is 1.15. The van der Waals surface area contributed by atoms with Crippen LogP contribution >= 0.6 is 0 Å². The Morgan fingerprint density at radius 2 is 1.88 bits per heavy atom. The van der Waals surface area contributed by atoms with E-state index in [1.807, 2.05) is 0 Å². The van der Waals surface area contributed by atoms with Gasteiger partial charge in [-0.3, -0.25) is 15.0 Å². The van der Waals surface area contributed by atoms with Crippen molar-refractivity contribution >= 4 is 17.5 Å². The van der Waals surface area contributed by atoms with Crippen LogP contribution in [0.4, 0.5) is 5.69 Å². The molecule has 7 heteroatoms. The first-order chi connectivity index (χ1) is 8.12. The minimum absolute atomic E-state index is 0.349. The number of hydrogen-bond donors (Lipinski definition) is 3. The summed E-state index contributed by atoms with van der Waals surface area (Å²) < 4.78 is 10.0. The SMILES string of the molecule is COc1ccc(NC(=O)C(=O)NN)c(OC)c1. The second-order valence-corrected chi connectivity index (χ2v) is 2.99. The van der Waals surface area contributed by atoms with E-state index in [0.717, 1.165) is 0 Å². The van der Waals surface area contributed by atoms with Crippen molar-refractivity contribution in [1.29, 1.82) is 0 Å². The van der Waals surface area contributed by atoms with Crippen LogP contribution < -0.4 is 26.1 Å². The number of ether oxygens (including phenoxy) is 2. The van der Waals surface area contributed by atoms with Crippen LogP contribution in [0.5, 0.6) is 11.5 Å². The largest absolute Gasteiger partial charge is 0.497 e. The number of hydrazine groups is 1. The summed E-state index contributed by atoms with van der Waals surface area (Å²) in [5, 5.41) is 2.35. The molecule has 0 fully saturated rings. The van der Waals surface area contributed by atoms with E-state index in [4.69, 9.17) is 15.3 Å². The number of methoxy groups -OCH3 is 2. The normalized spacial score (nSPS) is 9.35. The average Bonchev–Trinajstić information content (AvgIpc) is 2.37. The number of nitrogens with two attached hydrogens (primary N) is 1. The van der Waals surface area contributed by atoms with Crippen LogP contribution in [0, 0.1) is 0 Å². The summed E-state index contributed by atoms with van der Waals surface area (Å²) in [5.41, 5.74) is 2.08. The Morgan fingerprint density at radius 1 is 1.18 bits per heavy atom. The van der Waals surface area contributed by atoms with Gasteiger partial charge in [0.25, 0.3) is 0 Å². The van der Waals surface area contributed by atoms with Gasteiger partial charge in [0.2, 0.25) is 0 Å². The third-order valence-electron chi connectivity index (χ3n) is 1.99. The summed E-state index contributed by atoms with van der Waals surface area (Å²) in [6.45, 7) is 0. The second kappa shape index (κ2) is 5.71. The van der Waals surface area contributed by atoms with E-state index in [2.05, 4.69) is 5.32 Å². The zero-order valence-corrected chi connectivity index (χ0v) is 9.44. The Morgan fingerprint density at radius 3 is 2.41 bits per heavy atom. The number of carbonyl (C=O) groups is 2. The van der Waals surface area contributed by atoms with Gasteiger partial charge in [-0.2, -0.15) is 0 Å². The molecule has 0 aromatic heterocycles. The van der Waals surface area contributed by atoms with Gasteiger partial charge in [-0.25, -0.2) is 5.84 Å². The zero-order chi connectivity index (χ0) is 12.8. The monoisotopic (exact) mass is 239 g/mol. The first-order valence-corrected chi connectivity index (χ1v) is 4.66. The fourth-order valence-electron chi connectivity index (χ4n) is 1.15. The molecule has 7 nitrogen and oxygen atoms in total. The Balaban J connectivity index is 2.91. The Labute approximate surface area is 97.9 Å². The molecule has 0 atom stereocenters. The number of rotatable bonds is 3. The standard InChI is InChI=1S/C10H13N3O4/c1-16-6-3-4-7(8(5-6)17-2)12-9(14)10(15)13-11/h3-5H,11H2,1-2H3,(H,12,14)(H,13,15). The lowest BCUT2D eigenvalue weighted by atomic mass is 10.2. The number of anilines is 1. The highest BCUT2D eigenvalue weighted by Crippen LogP contribution is 2.28. The molecule has 0 saturated heterocycles. The zero-order valence-electron chi connectivity index (χ0n) is 9.44. The first kappa shape index (κ1) is 12.8. The molecule has 1 rings (SSSR count). The van der Waals surface area contributed by atoms with Gasteiger partial charge in [0.05, 0.1) is 19.9 Å². The smallest absolute Gasteiger partial charge is 0.323 e. The quantitative estimate of drug-likeness (QED) is 0.289. The predicted octanol–water partition coefficient (Wildman–Crippen LogP) is -0.368. The summed E-state index contributed by atoms with van der Waals surface area (Å²) in [7, 11) is 2.95. The molecule has 0 bridgehead atoms. The highest BCUT2D eigenvalue weighted by molar-refractivity contribution is 6.39. The molecule has 0 heterocycles. The molecule has 0 spiro atoms. The van der Waals surface area contributed by atoms with Crippen molar-refractivity contribution in [2.45, 2.75) is 0 Å². The highest BCUT2D eigenvalue weighted by Gasteiger charge is 2.14. The van der Waals surface area contributed by atoms with E-state index < -0.39 is 11.8 Å². The van der Waals surface area contributed by atoms with Crippen molar-refractivity contribution in [3.05, 3.63) is 18.2 Å². The third-order valence-corrected chi connectivity index (χ3v) is 1.99. The van der Waals surface area contributed by atoms with Gasteiger partial charge < -0.3 is 14.8 Å². The molecule has 4 N–H and O–H groups in total. The lowest BCUT2D eigenvalue weighted by Gasteiger charge is -2.10. The molecule has 17 heavy (non-hydrogen) atoms. The molecular weight excluding hydrogens is 226 g/mol. The summed E-state index contributed by atoms with van der Waals surface area (Å²) in [4.78, 5) is 22.2. The number of benzene rings is 1. The van der Waals surface area contributed by atoms with E-state index in [-0.39, 0.29) is 0 Å². The Kier molecular flexibility index (Phi) is 4.29. The number of carbonyl (C=O) groups excluding carboxylic acids is 2. The summed E-state index contributed by atoms with van der Waals surface area (Å²) >= 11 is 0. The van der Waals surface area contributed by atoms with Crippen LogP contribution in [-0.2, 0) is 9.59 Å². The Hall–Kier alpha value is -2.28. The number of hydrogen-bond acceptors (Lipinski definition) is 5. The van der Waals surface area contributed by atoms with Crippen LogP contribution in [0.15, 0.2) is 18.2 Å². The van der Waals surface area contributed by atoms with Crippen LogP contribution in [0.2, 0.25) is 0 Å². The summed E-state index contributed by atoms with van der Waals surface area (Å²) in [6.07, 6.45) is 0. The first-order valence-electron chi connectivity index (χ1n) is 4.66. The number of nitrogens with one attached hydrogen (secondary N) is 2. The molecule has 1 aromatic rings. The molecule has 0 aliphatic rings. The molecule has 0 saturated carbocycles. The molecule has 92 valence electrons. The van der Waals surface area contributed by atoms with Crippen LogP contribution in [0.1, 0.15) is 0 Å². The molecule has 0 unspecified atom stereocenters. The van der Waals surface area contributed by atoms with Gasteiger partial charge in [-0.1, -0.05) is 0 Å². The number of amides is 2. The van der Waals surface area contributed by atoms with Gasteiger partial charge in [0, 0.05) is 6.07 Å². The van der Waals surface area contributed by atoms with Crippen LogP contribution in [-0.4, -0.2) is 26.0 Å². The molecule has 0 radical (unpaired) electrons. The molecule has 2 amide bonds. The lowest BCUT2D eigenvalue weighted by molar-refractivity contribution is -0.136. The van der Waals surface area contributed by atoms with E-state index in [1.165, 1.54) is 14.2 Å². The van der Waals surface area contributed by atoms with Gasteiger partial charge in [0.15, 0.2) is 0 Å². The molecule has 1 aromatic carbocycles. The topological polar surface area (TPSA) is 103 Å². The maximum Gasteiger partial charge on any atom is 0.323 e. The van der Waals surface area contributed by atoms with Crippen molar-refractivity contribution in [1.82, 2.24) is 5.43 Å². The van der Waals surface area contributed by atoms with Crippen molar-refractivity contribution in [2.24, 2.45) is 5.84 Å². The molecular formula is C10H13N3O4. The lowest BCUT2D eigenvalue weighted by Crippen LogP contribution is -2.39. The van der Waals surface area contributed by atoms with Crippen LogP contribution in [0.25, 0.3) is 0 Å². The summed E-state index contributed by atoms with van der Waals surface area (Å²) in [5.74, 6) is 3.96. The van der Waals surface area contributed by atoms with Gasteiger partial charge >= 0.3 is 11.8 Å². The Bertz CT molecular complexity index is 434. The highest BCUT2D eigenvalue weighted by atomic mass is 16.5. The summed E-state index contributed by atoms with van der Waals surface area (Å²) in [6, 6.07) is 4.76. The maximum absolute atomic E-state index is 11.3. The van der Waals surface area contributed by atoms with Crippen molar-refractivity contribution in [2.75, 3.05) is 19.5 Å². The van der Waals surface area contributed by atoms with Crippen molar-refractivity contribution < 1.29 is 19.1 Å². The minimum atomic E-state index is -0.942. The van der Waals surface area contributed by atoms with Gasteiger partial charge in [-0.15, -0.1) is 0 Å². The van der Waals surface area contributed by atoms with E-state index >= 15 is 0 Å². The third kappa shape index (κ3) is 3.08. The van der Waals surface area contributed by atoms with Crippen molar-refractivity contribution in [3.8, 4) is 11.5 Å². The fraction of sp³-hybridized carbons (Fsp3) is 0.200. The molecule has 0 aliphatic heterocycles. The van der Waals surface area contributed by atoms with Crippen molar-refractivity contribution in [3.63, 3.8) is 0 Å². The second-order valence-electron chi connectivity index (χ2n) is 2.99. The minimum Gasteiger partial charge on any atom is -0.497 e. The molecule has 0 aliphatic carbocycles.